The Kier molecular flexibility index (Phi) is 4.59. The molecule has 24 heavy (non-hydrogen) atoms. The second kappa shape index (κ2) is 6.82. The lowest BCUT2D eigenvalue weighted by atomic mass is 9.94. The van der Waals surface area contributed by atoms with E-state index in [0.717, 1.165) is 18.5 Å². The maximum absolute atomic E-state index is 12.7. The molecular formula is C17H20N4O3. The van der Waals surface area contributed by atoms with Crippen LogP contribution in [0.4, 0.5) is 0 Å². The normalized spacial score (nSPS) is 17.6. The molecule has 1 aliphatic heterocycles. The summed E-state index contributed by atoms with van der Waals surface area (Å²) in [5.41, 5.74) is 1.15. The van der Waals surface area contributed by atoms with Crippen molar-refractivity contribution in [2.24, 2.45) is 0 Å². The zero-order valence-corrected chi connectivity index (χ0v) is 13.8. The predicted octanol–water partition coefficient (Wildman–Crippen LogP) is 1.50. The van der Waals surface area contributed by atoms with Crippen LogP contribution in [-0.2, 0) is 0 Å². The molecule has 126 valence electrons. The molecule has 2 aromatic heterocycles. The van der Waals surface area contributed by atoms with Crippen LogP contribution in [0.25, 0.3) is 0 Å². The Labute approximate surface area is 139 Å². The average molecular weight is 328 g/mol. The topological polar surface area (TPSA) is 88.2 Å². The summed E-state index contributed by atoms with van der Waals surface area (Å²) >= 11 is 0. The van der Waals surface area contributed by atoms with Gasteiger partial charge < -0.3 is 14.6 Å². The minimum Gasteiger partial charge on any atom is -0.481 e. The quantitative estimate of drug-likeness (QED) is 0.922. The van der Waals surface area contributed by atoms with E-state index < -0.39 is 0 Å². The maximum atomic E-state index is 12.7. The number of nitrogens with one attached hydrogen (secondary N) is 1. The second-order valence-electron chi connectivity index (χ2n) is 5.93. The highest BCUT2D eigenvalue weighted by Gasteiger charge is 2.27. The van der Waals surface area contributed by atoms with Crippen LogP contribution in [0, 0.1) is 6.92 Å². The van der Waals surface area contributed by atoms with Gasteiger partial charge in [-0.3, -0.25) is 9.59 Å². The van der Waals surface area contributed by atoms with Crippen LogP contribution in [0.15, 0.2) is 29.2 Å². The number of nitrogens with zero attached hydrogens (tertiary/aromatic N) is 3. The monoisotopic (exact) mass is 328 g/mol. The summed E-state index contributed by atoms with van der Waals surface area (Å²) in [6, 6.07) is 4.85. The minimum absolute atomic E-state index is 0.0537. The summed E-state index contributed by atoms with van der Waals surface area (Å²) in [4.78, 5) is 37.3. The SMILES string of the molecule is COc1cc(C(=O)N2CCCC(c3cc(=O)[nH]c(C)n3)C2)ccn1. The number of likely N-dealkylation sites (tertiary alicyclic amines) is 1. The van der Waals surface area contributed by atoms with Crippen molar-refractivity contribution in [3.8, 4) is 5.88 Å². The van der Waals surface area contributed by atoms with E-state index in [4.69, 9.17) is 4.74 Å². The first kappa shape index (κ1) is 16.2. The molecule has 0 saturated carbocycles. The third-order valence-electron chi connectivity index (χ3n) is 4.20. The fourth-order valence-electron chi connectivity index (χ4n) is 3.05. The molecule has 1 N–H and O–H groups in total. The molecule has 1 atom stereocenters. The van der Waals surface area contributed by atoms with Crippen molar-refractivity contribution in [1.29, 1.82) is 0 Å². The number of piperidine rings is 1. The van der Waals surface area contributed by atoms with Gasteiger partial charge in [0.25, 0.3) is 11.5 Å². The molecule has 7 nitrogen and oxygen atoms in total. The van der Waals surface area contributed by atoms with Gasteiger partial charge in [0.05, 0.1) is 12.8 Å². The average Bonchev–Trinajstić information content (AvgIpc) is 2.60. The number of rotatable bonds is 3. The van der Waals surface area contributed by atoms with Gasteiger partial charge in [-0.25, -0.2) is 9.97 Å². The van der Waals surface area contributed by atoms with E-state index in [9.17, 15) is 9.59 Å². The Morgan fingerprint density at radius 3 is 3.00 bits per heavy atom. The molecule has 0 aromatic carbocycles. The Balaban J connectivity index is 1.79. The minimum atomic E-state index is -0.153. The largest absolute Gasteiger partial charge is 0.481 e. The van der Waals surface area contributed by atoms with E-state index in [-0.39, 0.29) is 17.4 Å². The van der Waals surface area contributed by atoms with Gasteiger partial charge in [-0.2, -0.15) is 0 Å². The first-order valence-electron chi connectivity index (χ1n) is 7.94. The van der Waals surface area contributed by atoms with Gasteiger partial charge in [-0.1, -0.05) is 0 Å². The number of hydrogen-bond acceptors (Lipinski definition) is 5. The number of H-pyrrole nitrogens is 1. The lowest BCUT2D eigenvalue weighted by Gasteiger charge is -2.32. The van der Waals surface area contributed by atoms with Gasteiger partial charge in [-0.05, 0) is 25.8 Å². The molecular weight excluding hydrogens is 308 g/mol. The van der Waals surface area contributed by atoms with Crippen molar-refractivity contribution in [2.45, 2.75) is 25.7 Å². The fourth-order valence-corrected chi connectivity index (χ4v) is 3.05. The van der Waals surface area contributed by atoms with Crippen LogP contribution in [0.1, 0.15) is 40.6 Å². The Morgan fingerprint density at radius 2 is 2.25 bits per heavy atom. The highest BCUT2D eigenvalue weighted by Crippen LogP contribution is 2.26. The highest BCUT2D eigenvalue weighted by atomic mass is 16.5. The molecule has 1 saturated heterocycles. The van der Waals surface area contributed by atoms with Crippen molar-refractivity contribution in [3.05, 3.63) is 51.8 Å². The number of amides is 1. The standard InChI is InChI=1S/C17H20N4O3/c1-11-19-14(9-15(22)20-11)13-4-3-7-21(10-13)17(23)12-5-6-18-16(8-12)24-2/h5-6,8-9,13H,3-4,7,10H2,1-2H3,(H,19,20,22). The van der Waals surface area contributed by atoms with Crippen molar-refractivity contribution in [1.82, 2.24) is 19.9 Å². The molecule has 0 radical (unpaired) electrons. The molecule has 0 aliphatic carbocycles. The Hall–Kier alpha value is -2.70. The number of carbonyl (C=O) groups is 1. The van der Waals surface area contributed by atoms with Crippen LogP contribution < -0.4 is 10.3 Å². The van der Waals surface area contributed by atoms with Gasteiger partial charge in [0.2, 0.25) is 5.88 Å². The zero-order valence-electron chi connectivity index (χ0n) is 13.8. The van der Waals surface area contributed by atoms with Crippen LogP contribution >= 0.6 is 0 Å². The van der Waals surface area contributed by atoms with Crippen LogP contribution in [0.2, 0.25) is 0 Å². The van der Waals surface area contributed by atoms with Crippen molar-refractivity contribution >= 4 is 5.91 Å². The molecule has 1 fully saturated rings. The number of methoxy groups -OCH3 is 1. The first-order chi connectivity index (χ1) is 11.6. The van der Waals surface area contributed by atoms with Crippen LogP contribution in [-0.4, -0.2) is 46.0 Å². The fraction of sp³-hybridized carbons (Fsp3) is 0.412. The number of pyridine rings is 1. The molecule has 0 spiro atoms. The third kappa shape index (κ3) is 3.45. The summed E-state index contributed by atoms with van der Waals surface area (Å²) in [5, 5.41) is 0. The van der Waals surface area contributed by atoms with E-state index in [1.54, 1.807) is 30.2 Å². The smallest absolute Gasteiger partial charge is 0.254 e. The van der Waals surface area contributed by atoms with Gasteiger partial charge in [0.1, 0.15) is 5.82 Å². The maximum Gasteiger partial charge on any atom is 0.254 e. The molecule has 2 aromatic rings. The third-order valence-corrected chi connectivity index (χ3v) is 4.20. The van der Waals surface area contributed by atoms with E-state index in [1.807, 2.05) is 0 Å². The van der Waals surface area contributed by atoms with Gasteiger partial charge in [-0.15, -0.1) is 0 Å². The number of ether oxygens (including phenoxy) is 1. The van der Waals surface area contributed by atoms with E-state index >= 15 is 0 Å². The Bertz CT molecular complexity index is 802. The summed E-state index contributed by atoms with van der Waals surface area (Å²) < 4.78 is 5.08. The molecule has 3 heterocycles. The molecule has 7 heteroatoms. The second-order valence-corrected chi connectivity index (χ2v) is 5.93. The van der Waals surface area contributed by atoms with Crippen molar-refractivity contribution in [2.75, 3.05) is 20.2 Å². The number of aromatic amines is 1. The molecule has 3 rings (SSSR count). The number of aryl methyl sites for hydroxylation is 1. The summed E-state index contributed by atoms with van der Waals surface area (Å²) in [7, 11) is 1.52. The number of carbonyl (C=O) groups excluding carboxylic acids is 1. The van der Waals surface area contributed by atoms with Crippen molar-refractivity contribution < 1.29 is 9.53 Å². The predicted molar refractivity (Wildman–Crippen MR) is 88.3 cm³/mol. The van der Waals surface area contributed by atoms with Crippen LogP contribution in [0.3, 0.4) is 0 Å². The number of aromatic nitrogens is 3. The lowest BCUT2D eigenvalue weighted by molar-refractivity contribution is 0.0705. The van der Waals surface area contributed by atoms with E-state index in [2.05, 4.69) is 15.0 Å². The zero-order chi connectivity index (χ0) is 17.1. The summed E-state index contributed by atoms with van der Waals surface area (Å²) in [5.74, 6) is 1.04. The van der Waals surface area contributed by atoms with Crippen molar-refractivity contribution in [3.63, 3.8) is 0 Å². The highest BCUT2D eigenvalue weighted by molar-refractivity contribution is 5.94. The molecule has 1 aliphatic rings. The van der Waals surface area contributed by atoms with E-state index in [0.29, 0.717) is 30.4 Å². The molecule has 0 bridgehead atoms. The molecule has 1 unspecified atom stereocenters. The first-order valence-corrected chi connectivity index (χ1v) is 7.94. The van der Waals surface area contributed by atoms with Crippen LogP contribution in [0.5, 0.6) is 5.88 Å². The Morgan fingerprint density at radius 1 is 1.42 bits per heavy atom. The molecule has 1 amide bonds. The van der Waals surface area contributed by atoms with Gasteiger partial charge >= 0.3 is 0 Å². The summed E-state index contributed by atoms with van der Waals surface area (Å²) in [6.07, 6.45) is 3.36. The van der Waals surface area contributed by atoms with Gasteiger partial charge in [0.15, 0.2) is 0 Å². The number of hydrogen-bond donors (Lipinski definition) is 1. The van der Waals surface area contributed by atoms with Gasteiger partial charge in [0, 0.05) is 42.9 Å². The lowest BCUT2D eigenvalue weighted by Crippen LogP contribution is -2.39. The summed E-state index contributed by atoms with van der Waals surface area (Å²) in [6.45, 7) is 3.02. The van der Waals surface area contributed by atoms with E-state index in [1.165, 1.54) is 13.2 Å².